The van der Waals surface area contributed by atoms with Crippen molar-refractivity contribution in [2.24, 2.45) is 0 Å². The van der Waals surface area contributed by atoms with Crippen LogP contribution in [0, 0.1) is 0 Å². The molecule has 0 unspecified atom stereocenters. The largest absolute Gasteiger partial charge is 0.306 e. The Morgan fingerprint density at radius 2 is 1.09 bits per heavy atom. The third-order valence-electron chi connectivity index (χ3n) is 4.34. The van der Waals surface area contributed by atoms with E-state index in [-0.39, 0.29) is 11.3 Å². The Balaban J connectivity index is 2.36. The van der Waals surface area contributed by atoms with Crippen molar-refractivity contribution in [1.29, 1.82) is 0 Å². The summed E-state index contributed by atoms with van der Waals surface area (Å²) < 4.78 is 16.1. The minimum Gasteiger partial charge on any atom is -0.306 e. The lowest BCUT2D eigenvalue weighted by atomic mass is 10.2. The molecule has 0 fully saturated rings. The summed E-state index contributed by atoms with van der Waals surface area (Å²) in [5.41, 5.74) is 2.72. The van der Waals surface area contributed by atoms with Crippen LogP contribution < -0.4 is 0 Å². The van der Waals surface area contributed by atoms with Gasteiger partial charge < -0.3 is 4.57 Å². The molecule has 0 saturated carbocycles. The second-order valence-electron chi connectivity index (χ2n) is 6.65. The molecule has 0 atom stereocenters. The predicted octanol–water partition coefficient (Wildman–Crippen LogP) is 5.78. The molecule has 3 heteroatoms. The third-order valence-corrected chi connectivity index (χ3v) is 8.46. The van der Waals surface area contributed by atoms with E-state index >= 15 is 0 Å². The molecular formula is C20H28NOP. The van der Waals surface area contributed by atoms with Gasteiger partial charge in [0.15, 0.2) is 7.29 Å². The van der Waals surface area contributed by atoms with Crippen LogP contribution in [0.3, 0.4) is 0 Å². The summed E-state index contributed by atoms with van der Waals surface area (Å²) in [6.45, 7) is 9.80. The lowest BCUT2D eigenvalue weighted by Gasteiger charge is -2.37. The summed E-state index contributed by atoms with van der Waals surface area (Å²) in [6, 6.07) is 20.7. The highest BCUT2D eigenvalue weighted by atomic mass is 31.2. The molecule has 0 aliphatic rings. The zero-order chi connectivity index (χ0) is 16.9. The second-order valence-corrected chi connectivity index (χ2v) is 10.6. The zero-order valence-corrected chi connectivity index (χ0v) is 15.5. The van der Waals surface area contributed by atoms with Gasteiger partial charge in [-0.25, -0.2) is 4.67 Å². The van der Waals surface area contributed by atoms with Crippen LogP contribution in [-0.4, -0.2) is 16.0 Å². The van der Waals surface area contributed by atoms with Crippen molar-refractivity contribution in [3.05, 3.63) is 71.8 Å². The van der Waals surface area contributed by atoms with Crippen molar-refractivity contribution in [3.8, 4) is 0 Å². The molecule has 0 heterocycles. The number of hydrogen-bond donors (Lipinski definition) is 0. The monoisotopic (exact) mass is 329 g/mol. The van der Waals surface area contributed by atoms with Crippen LogP contribution in [0.1, 0.15) is 38.8 Å². The van der Waals surface area contributed by atoms with Gasteiger partial charge in [-0.15, -0.1) is 0 Å². The zero-order valence-electron chi connectivity index (χ0n) is 14.6. The molecule has 0 aliphatic carbocycles. The Kier molecular flexibility index (Phi) is 6.21. The predicted molar refractivity (Wildman–Crippen MR) is 100 cm³/mol. The Hall–Kier alpha value is -1.37. The highest BCUT2D eigenvalue weighted by molar-refractivity contribution is 7.62. The maximum Gasteiger partial charge on any atom is 0.155 e. The van der Waals surface area contributed by atoms with Gasteiger partial charge in [-0.3, -0.25) is 0 Å². The van der Waals surface area contributed by atoms with Gasteiger partial charge in [0, 0.05) is 24.4 Å². The molecule has 0 radical (unpaired) electrons. The minimum absolute atomic E-state index is 0.148. The summed E-state index contributed by atoms with van der Waals surface area (Å²) >= 11 is 0. The van der Waals surface area contributed by atoms with Gasteiger partial charge in [-0.05, 0) is 11.1 Å². The van der Waals surface area contributed by atoms with E-state index < -0.39 is 7.29 Å². The molecule has 2 aromatic carbocycles. The molecule has 0 bridgehead atoms. The Morgan fingerprint density at radius 1 is 0.739 bits per heavy atom. The highest BCUT2D eigenvalue weighted by Crippen LogP contribution is 2.59. The molecule has 0 amide bonds. The number of rotatable bonds is 7. The molecular weight excluding hydrogens is 301 g/mol. The molecule has 23 heavy (non-hydrogen) atoms. The van der Waals surface area contributed by atoms with E-state index in [4.69, 9.17) is 0 Å². The second kappa shape index (κ2) is 7.95. The normalized spacial score (nSPS) is 12.3. The summed E-state index contributed by atoms with van der Waals surface area (Å²) in [7, 11) is -2.47. The Bertz CT molecular complexity index is 584. The molecule has 2 aromatic rings. The number of hydrogen-bond acceptors (Lipinski definition) is 1. The molecule has 0 spiro atoms. The van der Waals surface area contributed by atoms with E-state index in [1.54, 1.807) is 0 Å². The van der Waals surface area contributed by atoms with Gasteiger partial charge in [0.1, 0.15) is 0 Å². The van der Waals surface area contributed by atoms with Crippen molar-refractivity contribution in [3.63, 3.8) is 0 Å². The fourth-order valence-corrected chi connectivity index (χ4v) is 6.38. The Labute approximate surface area is 141 Å². The van der Waals surface area contributed by atoms with Crippen molar-refractivity contribution in [2.75, 3.05) is 0 Å². The van der Waals surface area contributed by atoms with Gasteiger partial charge in [0.2, 0.25) is 0 Å². The van der Waals surface area contributed by atoms with Gasteiger partial charge in [0.25, 0.3) is 0 Å². The van der Waals surface area contributed by atoms with E-state index in [2.05, 4.69) is 56.6 Å². The first-order valence-electron chi connectivity index (χ1n) is 8.37. The van der Waals surface area contributed by atoms with Gasteiger partial charge in [-0.1, -0.05) is 88.4 Å². The first-order chi connectivity index (χ1) is 10.9. The SMILES string of the molecule is CC(C)P(=O)(C(C)C)N(Cc1ccccc1)Cc1ccccc1. The minimum atomic E-state index is -2.47. The molecule has 0 aliphatic heterocycles. The van der Waals surface area contributed by atoms with Crippen LogP contribution in [0.15, 0.2) is 60.7 Å². The Morgan fingerprint density at radius 3 is 1.39 bits per heavy atom. The van der Waals surface area contributed by atoms with Crippen molar-refractivity contribution in [1.82, 2.24) is 4.67 Å². The fraction of sp³-hybridized carbons (Fsp3) is 0.400. The van der Waals surface area contributed by atoms with E-state index in [1.807, 2.05) is 36.4 Å². The maximum absolute atomic E-state index is 13.8. The topological polar surface area (TPSA) is 20.3 Å². The summed E-state index contributed by atoms with van der Waals surface area (Å²) in [6.07, 6.45) is 0. The summed E-state index contributed by atoms with van der Waals surface area (Å²) in [4.78, 5) is 0. The molecule has 0 saturated heterocycles. The molecule has 2 nitrogen and oxygen atoms in total. The quantitative estimate of drug-likeness (QED) is 0.600. The molecule has 2 rings (SSSR count). The highest BCUT2D eigenvalue weighted by Gasteiger charge is 2.37. The summed E-state index contributed by atoms with van der Waals surface area (Å²) in [5, 5.41) is 0. The van der Waals surface area contributed by atoms with Crippen LogP contribution in [0.25, 0.3) is 0 Å². The molecule has 0 aromatic heterocycles. The maximum atomic E-state index is 13.8. The van der Waals surface area contributed by atoms with E-state index in [0.717, 1.165) is 13.1 Å². The lowest BCUT2D eigenvalue weighted by Crippen LogP contribution is -2.28. The van der Waals surface area contributed by atoms with Gasteiger partial charge in [0.05, 0.1) is 0 Å². The lowest BCUT2D eigenvalue weighted by molar-refractivity contribution is 0.387. The fourth-order valence-electron chi connectivity index (χ4n) is 3.11. The molecule has 0 N–H and O–H groups in total. The van der Waals surface area contributed by atoms with Crippen LogP contribution in [0.4, 0.5) is 0 Å². The van der Waals surface area contributed by atoms with E-state index in [9.17, 15) is 4.57 Å². The van der Waals surface area contributed by atoms with Crippen molar-refractivity contribution >= 4 is 7.29 Å². The standard InChI is InChI=1S/C20H28NOP/c1-17(2)23(22,18(3)4)21(15-19-11-7-5-8-12-19)16-20-13-9-6-10-14-20/h5-14,17-18H,15-16H2,1-4H3. The van der Waals surface area contributed by atoms with Gasteiger partial charge >= 0.3 is 0 Å². The molecule has 124 valence electrons. The average molecular weight is 329 g/mol. The van der Waals surface area contributed by atoms with Crippen LogP contribution in [-0.2, 0) is 17.7 Å². The van der Waals surface area contributed by atoms with E-state index in [1.165, 1.54) is 11.1 Å². The van der Waals surface area contributed by atoms with Gasteiger partial charge in [-0.2, -0.15) is 0 Å². The van der Waals surface area contributed by atoms with Crippen LogP contribution >= 0.6 is 7.29 Å². The summed E-state index contributed by atoms with van der Waals surface area (Å²) in [5.74, 6) is 0. The first-order valence-corrected chi connectivity index (χ1v) is 10.2. The van der Waals surface area contributed by atoms with E-state index in [0.29, 0.717) is 0 Å². The number of nitrogens with zero attached hydrogens (tertiary/aromatic N) is 1. The van der Waals surface area contributed by atoms with Crippen LogP contribution in [0.5, 0.6) is 0 Å². The average Bonchev–Trinajstić information content (AvgIpc) is 2.55. The van der Waals surface area contributed by atoms with Crippen molar-refractivity contribution in [2.45, 2.75) is 52.1 Å². The smallest absolute Gasteiger partial charge is 0.155 e. The van der Waals surface area contributed by atoms with Crippen molar-refractivity contribution < 1.29 is 4.57 Å². The first kappa shape index (κ1) is 18.0. The van der Waals surface area contributed by atoms with Crippen LogP contribution in [0.2, 0.25) is 0 Å². The third kappa shape index (κ3) is 4.34. The number of benzene rings is 2.